The smallest absolute Gasteiger partial charge is 0.185 e. The average molecular weight is 287 g/mol. The van der Waals surface area contributed by atoms with Crippen molar-refractivity contribution in [3.63, 3.8) is 0 Å². The first-order valence-corrected chi connectivity index (χ1v) is 7.04. The number of nitrogen functional groups attached to an aromatic ring is 1. The van der Waals surface area contributed by atoms with Crippen molar-refractivity contribution in [2.45, 2.75) is 10.6 Å². The molecule has 1 heterocycles. The minimum absolute atomic E-state index is 0.00909. The van der Waals surface area contributed by atoms with Gasteiger partial charge >= 0.3 is 0 Å². The number of benzene rings is 1. The Morgan fingerprint density at radius 3 is 2.78 bits per heavy atom. The lowest BCUT2D eigenvalue weighted by atomic mass is 10.3. The van der Waals surface area contributed by atoms with Crippen LogP contribution in [0.15, 0.2) is 29.3 Å². The van der Waals surface area contributed by atoms with Gasteiger partial charge in [-0.05, 0) is 18.2 Å². The molecular formula is C10H11ClN4O2S. The van der Waals surface area contributed by atoms with E-state index in [-0.39, 0.29) is 15.7 Å². The van der Waals surface area contributed by atoms with Crippen LogP contribution in [0.5, 0.6) is 0 Å². The third-order valence-electron chi connectivity index (χ3n) is 2.28. The first-order chi connectivity index (χ1) is 8.38. The summed E-state index contributed by atoms with van der Waals surface area (Å²) in [6.07, 6.45) is 1.54. The summed E-state index contributed by atoms with van der Waals surface area (Å²) in [7, 11) is -1.92. The summed E-state index contributed by atoms with van der Waals surface area (Å²) in [6, 6.07) is 4.35. The van der Waals surface area contributed by atoms with E-state index >= 15 is 0 Å². The zero-order valence-corrected chi connectivity index (χ0v) is 11.1. The Balaban J connectivity index is 2.39. The van der Waals surface area contributed by atoms with E-state index in [2.05, 4.69) is 10.3 Å². The molecule has 0 aliphatic heterocycles. The Bertz CT molecular complexity index is 681. The van der Waals surface area contributed by atoms with Crippen LogP contribution >= 0.6 is 11.6 Å². The molecule has 6 nitrogen and oxygen atoms in total. The number of hydrogen-bond acceptors (Lipinski definition) is 5. The molecule has 0 saturated carbocycles. The van der Waals surface area contributed by atoms with Gasteiger partial charge in [0.25, 0.3) is 0 Å². The van der Waals surface area contributed by atoms with Gasteiger partial charge in [0, 0.05) is 18.9 Å². The van der Waals surface area contributed by atoms with Crippen LogP contribution < -0.4 is 5.73 Å². The van der Waals surface area contributed by atoms with E-state index in [1.54, 1.807) is 13.1 Å². The molecule has 1 aromatic heterocycles. The molecule has 18 heavy (non-hydrogen) atoms. The van der Waals surface area contributed by atoms with Gasteiger partial charge in [-0.15, -0.1) is 5.10 Å². The number of halogens is 1. The highest BCUT2D eigenvalue weighted by Crippen LogP contribution is 2.26. The van der Waals surface area contributed by atoms with E-state index in [9.17, 15) is 8.42 Å². The predicted molar refractivity (Wildman–Crippen MR) is 67.8 cm³/mol. The molecule has 0 aliphatic rings. The molecule has 0 bridgehead atoms. The molecule has 0 radical (unpaired) electrons. The fourth-order valence-corrected chi connectivity index (χ4v) is 3.32. The highest BCUT2D eigenvalue weighted by Gasteiger charge is 2.20. The quantitative estimate of drug-likeness (QED) is 0.851. The molecule has 0 spiro atoms. The van der Waals surface area contributed by atoms with Crippen molar-refractivity contribution >= 4 is 27.1 Å². The van der Waals surface area contributed by atoms with Gasteiger partial charge in [-0.3, -0.25) is 4.68 Å². The summed E-state index contributed by atoms with van der Waals surface area (Å²) >= 11 is 5.88. The molecule has 0 fully saturated rings. The van der Waals surface area contributed by atoms with E-state index < -0.39 is 9.84 Å². The summed E-state index contributed by atoms with van der Waals surface area (Å²) in [5.74, 6) is -0.260. The first kappa shape index (κ1) is 12.8. The second kappa shape index (κ2) is 4.58. The average Bonchev–Trinajstić information content (AvgIpc) is 2.66. The standard InChI is InChI=1S/C10H11ClN4O2S/c1-15-5-8(13-14-15)6-18(16,17)10-4-7(12)2-3-9(10)11/h2-5H,6,12H2,1H3. The van der Waals surface area contributed by atoms with Gasteiger partial charge in [0.15, 0.2) is 9.84 Å². The van der Waals surface area contributed by atoms with Gasteiger partial charge < -0.3 is 5.73 Å². The summed E-state index contributed by atoms with van der Waals surface area (Å²) in [4.78, 5) is 0.00909. The second-order valence-electron chi connectivity index (χ2n) is 3.83. The van der Waals surface area contributed by atoms with Crippen molar-refractivity contribution in [3.8, 4) is 0 Å². The Hall–Kier alpha value is -1.60. The first-order valence-electron chi connectivity index (χ1n) is 5.01. The molecular weight excluding hydrogens is 276 g/mol. The van der Waals surface area contributed by atoms with Crippen molar-refractivity contribution in [1.29, 1.82) is 0 Å². The number of rotatable bonds is 3. The Morgan fingerprint density at radius 1 is 1.44 bits per heavy atom. The summed E-state index contributed by atoms with van der Waals surface area (Å²) in [6.45, 7) is 0. The fraction of sp³-hybridized carbons (Fsp3) is 0.200. The predicted octanol–water partition coefficient (Wildman–Crippen LogP) is 1.02. The third-order valence-corrected chi connectivity index (χ3v) is 4.40. The van der Waals surface area contributed by atoms with Crippen molar-refractivity contribution in [1.82, 2.24) is 15.0 Å². The minimum atomic E-state index is -3.58. The highest BCUT2D eigenvalue weighted by atomic mass is 35.5. The van der Waals surface area contributed by atoms with Crippen LogP contribution in [0.4, 0.5) is 5.69 Å². The van der Waals surface area contributed by atoms with E-state index in [4.69, 9.17) is 17.3 Å². The van der Waals surface area contributed by atoms with Crippen molar-refractivity contribution in [2.24, 2.45) is 7.05 Å². The van der Waals surface area contributed by atoms with Crippen molar-refractivity contribution < 1.29 is 8.42 Å². The fourth-order valence-electron chi connectivity index (χ4n) is 1.49. The molecule has 0 aliphatic carbocycles. The topological polar surface area (TPSA) is 90.9 Å². The van der Waals surface area contributed by atoms with Crippen LogP contribution in [-0.2, 0) is 22.6 Å². The summed E-state index contributed by atoms with van der Waals surface area (Å²) in [5, 5.41) is 7.56. The normalized spacial score (nSPS) is 11.7. The lowest BCUT2D eigenvalue weighted by Gasteiger charge is -2.05. The largest absolute Gasteiger partial charge is 0.399 e. The Labute approximate surface area is 109 Å². The van der Waals surface area contributed by atoms with Crippen LogP contribution in [0.25, 0.3) is 0 Å². The molecule has 2 aromatic rings. The zero-order chi connectivity index (χ0) is 13.3. The maximum Gasteiger partial charge on any atom is 0.185 e. The van der Waals surface area contributed by atoms with Crippen LogP contribution in [0.1, 0.15) is 5.69 Å². The maximum atomic E-state index is 12.2. The highest BCUT2D eigenvalue weighted by molar-refractivity contribution is 7.90. The monoisotopic (exact) mass is 286 g/mol. The van der Waals surface area contributed by atoms with Gasteiger partial charge in [0.2, 0.25) is 0 Å². The van der Waals surface area contributed by atoms with Crippen LogP contribution in [0.3, 0.4) is 0 Å². The summed E-state index contributed by atoms with van der Waals surface area (Å²) in [5.41, 5.74) is 6.27. The van der Waals surface area contributed by atoms with Gasteiger partial charge in [-0.1, -0.05) is 16.8 Å². The molecule has 2 rings (SSSR count). The number of sulfone groups is 1. The van der Waals surface area contributed by atoms with E-state index in [0.29, 0.717) is 11.4 Å². The second-order valence-corrected chi connectivity index (χ2v) is 6.20. The lowest BCUT2D eigenvalue weighted by molar-refractivity contribution is 0.594. The molecule has 0 atom stereocenters. The summed E-state index contributed by atoms with van der Waals surface area (Å²) < 4.78 is 25.8. The SMILES string of the molecule is Cn1cc(CS(=O)(=O)c2cc(N)ccc2Cl)nn1. The minimum Gasteiger partial charge on any atom is -0.399 e. The van der Waals surface area contributed by atoms with Crippen LogP contribution in [0.2, 0.25) is 5.02 Å². The molecule has 0 unspecified atom stereocenters. The lowest BCUT2D eigenvalue weighted by Crippen LogP contribution is -2.06. The van der Waals surface area contributed by atoms with Gasteiger partial charge in [-0.2, -0.15) is 0 Å². The molecule has 0 amide bonds. The number of hydrogen-bond donors (Lipinski definition) is 1. The van der Waals surface area contributed by atoms with Crippen LogP contribution in [-0.4, -0.2) is 23.4 Å². The molecule has 96 valence electrons. The molecule has 2 N–H and O–H groups in total. The van der Waals surface area contributed by atoms with Gasteiger partial charge in [-0.25, -0.2) is 8.42 Å². The van der Waals surface area contributed by atoms with Crippen molar-refractivity contribution in [2.75, 3.05) is 5.73 Å². The third kappa shape index (κ3) is 2.62. The number of nitrogens with two attached hydrogens (primary N) is 1. The number of aromatic nitrogens is 3. The van der Waals surface area contributed by atoms with Gasteiger partial charge in [0.05, 0.1) is 15.6 Å². The van der Waals surface area contributed by atoms with Crippen molar-refractivity contribution in [3.05, 3.63) is 35.1 Å². The Kier molecular flexibility index (Phi) is 3.27. The molecule has 0 saturated heterocycles. The zero-order valence-electron chi connectivity index (χ0n) is 9.54. The van der Waals surface area contributed by atoms with E-state index in [1.807, 2.05) is 0 Å². The van der Waals surface area contributed by atoms with E-state index in [0.717, 1.165) is 0 Å². The maximum absolute atomic E-state index is 12.2. The number of aryl methyl sites for hydroxylation is 1. The molecule has 1 aromatic carbocycles. The molecule has 8 heteroatoms. The van der Waals surface area contributed by atoms with Gasteiger partial charge in [0.1, 0.15) is 5.75 Å². The van der Waals surface area contributed by atoms with Crippen LogP contribution in [0, 0.1) is 0 Å². The number of nitrogens with zero attached hydrogens (tertiary/aromatic N) is 3. The Morgan fingerprint density at radius 2 is 2.17 bits per heavy atom. The van der Waals surface area contributed by atoms with E-state index in [1.165, 1.54) is 23.0 Å². The number of anilines is 1.